The maximum Gasteiger partial charge on any atom is 0.255 e. The normalized spacial score (nSPS) is 15.2. The summed E-state index contributed by atoms with van der Waals surface area (Å²) < 4.78 is 36.3. The molecule has 5 nitrogen and oxygen atoms in total. The van der Waals surface area contributed by atoms with Gasteiger partial charge in [-0.25, -0.2) is 17.9 Å². The Kier molecular flexibility index (Phi) is 4.10. The number of halogens is 1. The highest BCUT2D eigenvalue weighted by Gasteiger charge is 2.29. The van der Waals surface area contributed by atoms with Crippen molar-refractivity contribution in [3.05, 3.63) is 29.6 Å². The third-order valence-electron chi connectivity index (χ3n) is 3.32. The first-order valence-corrected chi connectivity index (χ1v) is 7.99. The van der Waals surface area contributed by atoms with Gasteiger partial charge in [-0.05, 0) is 43.9 Å². The van der Waals surface area contributed by atoms with E-state index in [0.717, 1.165) is 31.0 Å². The van der Waals surface area contributed by atoms with E-state index in [1.165, 1.54) is 4.90 Å². The number of amides is 1. The van der Waals surface area contributed by atoms with Gasteiger partial charge in [-0.1, -0.05) is 0 Å². The quantitative estimate of drug-likeness (QED) is 0.891. The van der Waals surface area contributed by atoms with Crippen LogP contribution in [0.4, 0.5) is 4.39 Å². The Morgan fingerprint density at radius 1 is 1.45 bits per heavy atom. The van der Waals surface area contributed by atoms with Crippen LogP contribution in [0.25, 0.3) is 0 Å². The fourth-order valence-corrected chi connectivity index (χ4v) is 2.77. The largest absolute Gasteiger partial charge is 0.339 e. The highest BCUT2D eigenvalue weighted by Crippen LogP contribution is 2.30. The third kappa shape index (κ3) is 3.34. The second-order valence-corrected chi connectivity index (χ2v) is 6.50. The molecule has 0 heterocycles. The monoisotopic (exact) mass is 300 g/mol. The molecule has 0 radical (unpaired) electrons. The van der Waals surface area contributed by atoms with Gasteiger partial charge in [-0.2, -0.15) is 0 Å². The fourth-order valence-electron chi connectivity index (χ4n) is 2.06. The summed E-state index contributed by atoms with van der Waals surface area (Å²) >= 11 is 0. The van der Waals surface area contributed by atoms with E-state index in [1.54, 1.807) is 6.92 Å². The second-order valence-electron chi connectivity index (χ2n) is 4.97. The average Bonchev–Trinajstić information content (AvgIpc) is 3.17. The average molecular weight is 300 g/mol. The molecule has 0 aliphatic heterocycles. The Balaban J connectivity index is 2.38. The van der Waals surface area contributed by atoms with Gasteiger partial charge in [0.05, 0.1) is 10.5 Å². The molecule has 1 saturated carbocycles. The van der Waals surface area contributed by atoms with Crippen molar-refractivity contribution < 1.29 is 17.6 Å². The molecule has 110 valence electrons. The van der Waals surface area contributed by atoms with E-state index in [9.17, 15) is 17.6 Å². The van der Waals surface area contributed by atoms with Crippen LogP contribution in [0.15, 0.2) is 23.1 Å². The Labute approximate surface area is 117 Å². The standard InChI is InChI=1S/C13H17FN2O3S/c1-2-16(8-9-3-4-9)13(17)11-7-10(14)5-6-12(11)20(15,18)19/h5-7,9H,2-4,8H2,1H3,(H2,15,18,19). The first-order valence-electron chi connectivity index (χ1n) is 6.44. The predicted octanol–water partition coefficient (Wildman–Crippen LogP) is 1.35. The van der Waals surface area contributed by atoms with Crippen molar-refractivity contribution >= 4 is 15.9 Å². The zero-order chi connectivity index (χ0) is 14.9. The summed E-state index contributed by atoms with van der Waals surface area (Å²) in [6.07, 6.45) is 2.13. The van der Waals surface area contributed by atoms with Crippen LogP contribution in [-0.4, -0.2) is 32.3 Å². The number of carbonyl (C=O) groups excluding carboxylic acids is 1. The van der Waals surface area contributed by atoms with Gasteiger partial charge in [0.2, 0.25) is 10.0 Å². The van der Waals surface area contributed by atoms with Crippen molar-refractivity contribution in [1.82, 2.24) is 4.90 Å². The number of hydrogen-bond donors (Lipinski definition) is 1. The molecular weight excluding hydrogens is 283 g/mol. The summed E-state index contributed by atoms with van der Waals surface area (Å²) in [7, 11) is -4.06. The van der Waals surface area contributed by atoms with Crippen molar-refractivity contribution in [1.29, 1.82) is 0 Å². The van der Waals surface area contributed by atoms with Gasteiger partial charge < -0.3 is 4.90 Å². The molecule has 1 aliphatic carbocycles. The Morgan fingerprint density at radius 3 is 2.60 bits per heavy atom. The number of carbonyl (C=O) groups is 1. The summed E-state index contributed by atoms with van der Waals surface area (Å²) in [5.41, 5.74) is -0.199. The highest BCUT2D eigenvalue weighted by atomic mass is 32.2. The SMILES string of the molecule is CCN(CC1CC1)C(=O)c1cc(F)ccc1S(N)(=O)=O. The lowest BCUT2D eigenvalue weighted by molar-refractivity contribution is 0.0752. The first-order chi connectivity index (χ1) is 9.32. The van der Waals surface area contributed by atoms with E-state index in [4.69, 9.17) is 5.14 Å². The molecule has 0 saturated heterocycles. The molecule has 1 aromatic carbocycles. The molecule has 2 N–H and O–H groups in total. The number of primary sulfonamides is 1. The maximum atomic E-state index is 13.3. The van der Waals surface area contributed by atoms with Crippen molar-refractivity contribution in [2.24, 2.45) is 11.1 Å². The van der Waals surface area contributed by atoms with E-state index in [1.807, 2.05) is 0 Å². The summed E-state index contributed by atoms with van der Waals surface area (Å²) in [6.45, 7) is 2.81. The summed E-state index contributed by atoms with van der Waals surface area (Å²) in [4.78, 5) is 13.6. The molecule has 0 unspecified atom stereocenters. The lowest BCUT2D eigenvalue weighted by atomic mass is 10.2. The molecule has 1 aliphatic rings. The minimum atomic E-state index is -4.06. The van der Waals surface area contributed by atoms with E-state index in [0.29, 0.717) is 19.0 Å². The number of benzene rings is 1. The van der Waals surface area contributed by atoms with Crippen LogP contribution in [0, 0.1) is 11.7 Å². The van der Waals surface area contributed by atoms with E-state index < -0.39 is 21.7 Å². The summed E-state index contributed by atoms with van der Waals surface area (Å²) in [5, 5.41) is 5.08. The molecule has 0 bridgehead atoms. The predicted molar refractivity (Wildman–Crippen MR) is 72.1 cm³/mol. The van der Waals surface area contributed by atoms with Gasteiger partial charge in [-0.15, -0.1) is 0 Å². The molecule has 0 atom stereocenters. The molecule has 0 spiro atoms. The summed E-state index contributed by atoms with van der Waals surface area (Å²) in [6, 6.07) is 2.94. The van der Waals surface area contributed by atoms with Crippen LogP contribution in [0.3, 0.4) is 0 Å². The van der Waals surface area contributed by atoms with Gasteiger partial charge in [-0.3, -0.25) is 4.79 Å². The molecule has 7 heteroatoms. The Morgan fingerprint density at radius 2 is 2.10 bits per heavy atom. The number of nitrogens with zero attached hydrogens (tertiary/aromatic N) is 1. The van der Waals surface area contributed by atoms with Crippen LogP contribution in [-0.2, 0) is 10.0 Å². The number of rotatable bonds is 5. The fraction of sp³-hybridized carbons (Fsp3) is 0.462. The van der Waals surface area contributed by atoms with Gasteiger partial charge in [0.25, 0.3) is 5.91 Å². The molecule has 1 fully saturated rings. The van der Waals surface area contributed by atoms with Crippen LogP contribution in [0.5, 0.6) is 0 Å². The van der Waals surface area contributed by atoms with Crippen molar-refractivity contribution in [3.8, 4) is 0 Å². The van der Waals surface area contributed by atoms with E-state index in [2.05, 4.69) is 0 Å². The van der Waals surface area contributed by atoms with Crippen molar-refractivity contribution in [2.45, 2.75) is 24.7 Å². The zero-order valence-electron chi connectivity index (χ0n) is 11.2. The Hall–Kier alpha value is -1.47. The molecule has 1 amide bonds. The molecule has 2 rings (SSSR count). The van der Waals surface area contributed by atoms with Gasteiger partial charge in [0.15, 0.2) is 0 Å². The smallest absolute Gasteiger partial charge is 0.255 e. The topological polar surface area (TPSA) is 80.5 Å². The minimum absolute atomic E-state index is 0.199. The highest BCUT2D eigenvalue weighted by molar-refractivity contribution is 7.89. The molecule has 0 aromatic heterocycles. The van der Waals surface area contributed by atoms with Crippen LogP contribution in [0.2, 0.25) is 0 Å². The van der Waals surface area contributed by atoms with Crippen molar-refractivity contribution in [3.63, 3.8) is 0 Å². The Bertz CT molecular complexity index is 627. The lowest BCUT2D eigenvalue weighted by Crippen LogP contribution is -2.34. The number of hydrogen-bond acceptors (Lipinski definition) is 3. The molecule has 1 aromatic rings. The molecule has 20 heavy (non-hydrogen) atoms. The second kappa shape index (κ2) is 5.49. The van der Waals surface area contributed by atoms with Crippen LogP contribution >= 0.6 is 0 Å². The first kappa shape index (κ1) is 14.9. The maximum absolute atomic E-state index is 13.3. The zero-order valence-corrected chi connectivity index (χ0v) is 12.0. The number of sulfonamides is 1. The molecular formula is C13H17FN2O3S. The van der Waals surface area contributed by atoms with Gasteiger partial charge >= 0.3 is 0 Å². The lowest BCUT2D eigenvalue weighted by Gasteiger charge is -2.21. The third-order valence-corrected chi connectivity index (χ3v) is 4.29. The number of nitrogens with two attached hydrogens (primary N) is 1. The van der Waals surface area contributed by atoms with Crippen molar-refractivity contribution in [2.75, 3.05) is 13.1 Å². The van der Waals surface area contributed by atoms with Crippen LogP contribution < -0.4 is 5.14 Å². The minimum Gasteiger partial charge on any atom is -0.339 e. The van der Waals surface area contributed by atoms with Gasteiger partial charge in [0, 0.05) is 13.1 Å². The van der Waals surface area contributed by atoms with E-state index >= 15 is 0 Å². The van der Waals surface area contributed by atoms with Crippen LogP contribution in [0.1, 0.15) is 30.1 Å². The van der Waals surface area contributed by atoms with E-state index in [-0.39, 0.29) is 10.5 Å². The summed E-state index contributed by atoms with van der Waals surface area (Å²) in [5.74, 6) is -0.698. The van der Waals surface area contributed by atoms with Gasteiger partial charge in [0.1, 0.15) is 5.82 Å².